The van der Waals surface area contributed by atoms with Crippen LogP contribution in [0.3, 0.4) is 0 Å². The predicted molar refractivity (Wildman–Crippen MR) is 191 cm³/mol. The Labute approximate surface area is 318 Å². The Balaban J connectivity index is 1.51. The van der Waals surface area contributed by atoms with E-state index in [0.29, 0.717) is 12.5 Å². The van der Waals surface area contributed by atoms with Gasteiger partial charge >= 0.3 is 0 Å². The van der Waals surface area contributed by atoms with Gasteiger partial charge in [-0.2, -0.15) is 0 Å². The molecule has 0 aromatic rings. The summed E-state index contributed by atoms with van der Waals surface area (Å²) in [6.45, 7) is 7.07. The van der Waals surface area contributed by atoms with Gasteiger partial charge < -0.3 is 80.3 Å². The lowest BCUT2D eigenvalue weighted by atomic mass is 9.85. The molecule has 0 radical (unpaired) electrons. The molecule has 4 heterocycles. The summed E-state index contributed by atoms with van der Waals surface area (Å²) in [5, 5.41) is 87.2. The first-order valence-electron chi connectivity index (χ1n) is 20.1. The van der Waals surface area contributed by atoms with E-state index in [1.807, 2.05) is 0 Å². The Kier molecular flexibility index (Phi) is 18.2. The Morgan fingerprint density at radius 1 is 0.667 bits per heavy atom. The van der Waals surface area contributed by atoms with Crippen molar-refractivity contribution in [3.05, 3.63) is 0 Å². The highest BCUT2D eigenvalue weighted by atomic mass is 16.8. The lowest BCUT2D eigenvalue weighted by Gasteiger charge is -2.48. The number of rotatable bonds is 11. The van der Waals surface area contributed by atoms with Gasteiger partial charge in [-0.15, -0.1) is 0 Å². The van der Waals surface area contributed by atoms with Crippen LogP contribution in [0.15, 0.2) is 0 Å². The summed E-state index contributed by atoms with van der Waals surface area (Å²) in [6, 6.07) is -1.08. The zero-order valence-electron chi connectivity index (χ0n) is 32.2. The van der Waals surface area contributed by atoms with Crippen LogP contribution in [0, 0.1) is 17.8 Å². The molecule has 1 amide bonds. The van der Waals surface area contributed by atoms with E-state index in [1.54, 1.807) is 6.92 Å². The molecule has 0 spiro atoms. The van der Waals surface area contributed by atoms with Gasteiger partial charge in [0.25, 0.3) is 0 Å². The molecule has 0 saturated carbocycles. The Hall–Kier alpha value is -1.13. The SMILES string of the molecule is CC[C@@H]1CCC[C@@H](CC)C(=O)NCCC[C@@H](CC)[C@@H](O[C@H]2O[C@H](C)[C@@H](O)[C@H](N)[C@@H]2O[C@@H]2O[C@@H](CO)[C@H](O[C@H]3O[C@@H](CO)[C@H](O)[C@@H](O)[C@@H]3O)[C@@H](O)[C@@H]2O)CC1. The summed E-state index contributed by atoms with van der Waals surface area (Å²) >= 11 is 0. The van der Waals surface area contributed by atoms with Crippen molar-refractivity contribution in [2.75, 3.05) is 19.8 Å². The molecule has 4 aliphatic rings. The highest BCUT2D eigenvalue weighted by Gasteiger charge is 2.53. The smallest absolute Gasteiger partial charge is 0.223 e. The number of amides is 1. The minimum Gasteiger partial charge on any atom is -0.394 e. The van der Waals surface area contributed by atoms with Crippen LogP contribution in [-0.2, 0) is 33.2 Å². The molecule has 17 heteroatoms. The Morgan fingerprint density at radius 2 is 1.31 bits per heavy atom. The second-order valence-corrected chi connectivity index (χ2v) is 15.5. The maximum atomic E-state index is 12.9. The summed E-state index contributed by atoms with van der Waals surface area (Å²) in [6.07, 6.45) is -12.4. The number of ether oxygens (including phenoxy) is 6. The molecule has 4 rings (SSSR count). The van der Waals surface area contributed by atoms with Crippen LogP contribution in [0.2, 0.25) is 0 Å². The number of hydrogen-bond donors (Lipinski definition) is 10. The minimum atomic E-state index is -1.82. The zero-order valence-corrected chi connectivity index (χ0v) is 32.2. The van der Waals surface area contributed by atoms with Crippen LogP contribution < -0.4 is 11.1 Å². The van der Waals surface area contributed by atoms with E-state index < -0.39 is 105 Å². The maximum Gasteiger partial charge on any atom is 0.223 e. The van der Waals surface area contributed by atoms with Crippen molar-refractivity contribution in [3.63, 3.8) is 0 Å². The Morgan fingerprint density at radius 3 is 1.94 bits per heavy atom. The fourth-order valence-electron chi connectivity index (χ4n) is 8.23. The number of nitrogens with one attached hydrogen (secondary N) is 1. The van der Waals surface area contributed by atoms with E-state index in [1.165, 1.54) is 0 Å². The largest absolute Gasteiger partial charge is 0.394 e. The summed E-state index contributed by atoms with van der Waals surface area (Å²) in [5.41, 5.74) is 6.55. The number of carbonyl (C=O) groups excluding carboxylic acids is 1. The normalized spacial score (nSPS) is 46.4. The van der Waals surface area contributed by atoms with Gasteiger partial charge in [0.15, 0.2) is 18.9 Å². The lowest BCUT2D eigenvalue weighted by Crippen LogP contribution is -2.67. The van der Waals surface area contributed by atoms with E-state index >= 15 is 0 Å². The van der Waals surface area contributed by atoms with Crippen LogP contribution in [0.1, 0.15) is 91.9 Å². The molecule has 17 nitrogen and oxygen atoms in total. The number of aliphatic hydroxyl groups excluding tert-OH is 8. The van der Waals surface area contributed by atoms with E-state index in [0.717, 1.165) is 64.2 Å². The predicted octanol–water partition coefficient (Wildman–Crippen LogP) is -1.25. The molecule has 0 bridgehead atoms. The monoisotopic (exact) mass is 780 g/mol. The summed E-state index contributed by atoms with van der Waals surface area (Å²) in [7, 11) is 0. The zero-order chi connectivity index (χ0) is 39.7. The fourth-order valence-corrected chi connectivity index (χ4v) is 8.23. The van der Waals surface area contributed by atoms with Crippen molar-refractivity contribution < 1.29 is 74.1 Å². The van der Waals surface area contributed by atoms with Crippen LogP contribution in [-0.4, -0.2) is 165 Å². The van der Waals surface area contributed by atoms with Gasteiger partial charge in [0.05, 0.1) is 37.6 Å². The standard InChI is InChI=1S/C37H68N2O15/c1-5-19-10-8-11-21(7-3)34(48)39-15-9-12-20(6-2)22(14-13-19)50-37-33(25(38)26(42)18(4)49-37)54-36-31(47)29(45)32(24(17-41)52-36)53-35-30(46)28(44)27(43)23(16-40)51-35/h18-33,35-37,40-47H,5-17,38H2,1-4H3,(H,39,48)/t18-,19-,20-,21-,22+,23+,24+,25+,26-,27+,28-,29+,30+,31+,32+,33+,35-,36+,37-/m1/s1. The fraction of sp³-hybridized carbons (Fsp3) is 0.973. The molecular formula is C37H68N2O15. The quantitative estimate of drug-likeness (QED) is 0.117. The molecule has 0 unspecified atom stereocenters. The van der Waals surface area contributed by atoms with Gasteiger partial charge in [-0.05, 0) is 57.3 Å². The van der Waals surface area contributed by atoms with Gasteiger partial charge in [-0.25, -0.2) is 0 Å². The molecule has 0 aliphatic carbocycles. The van der Waals surface area contributed by atoms with Crippen molar-refractivity contribution in [2.45, 2.75) is 190 Å². The third kappa shape index (κ3) is 11.1. The Bertz CT molecular complexity index is 1110. The second kappa shape index (κ2) is 21.6. The van der Waals surface area contributed by atoms with Gasteiger partial charge in [0, 0.05) is 12.5 Å². The third-order valence-corrected chi connectivity index (χ3v) is 12.0. The first-order valence-corrected chi connectivity index (χ1v) is 20.1. The van der Waals surface area contributed by atoms with Crippen molar-refractivity contribution in [3.8, 4) is 0 Å². The molecule has 4 aliphatic heterocycles. The third-order valence-electron chi connectivity index (χ3n) is 12.0. The molecule has 11 N–H and O–H groups in total. The number of nitrogens with two attached hydrogens (primary N) is 1. The maximum absolute atomic E-state index is 12.9. The van der Waals surface area contributed by atoms with Gasteiger partial charge in [-0.1, -0.05) is 46.5 Å². The number of carbonyl (C=O) groups is 1. The molecule has 19 atom stereocenters. The molecule has 316 valence electrons. The van der Waals surface area contributed by atoms with E-state index in [2.05, 4.69) is 26.1 Å². The first kappa shape index (κ1) is 45.6. The van der Waals surface area contributed by atoms with E-state index in [4.69, 9.17) is 34.2 Å². The lowest BCUT2D eigenvalue weighted by molar-refractivity contribution is -0.379. The van der Waals surface area contributed by atoms with Crippen molar-refractivity contribution >= 4 is 5.91 Å². The molecule has 54 heavy (non-hydrogen) atoms. The summed E-state index contributed by atoms with van der Waals surface area (Å²) < 4.78 is 36.1. The first-order chi connectivity index (χ1) is 25.8. The molecule has 0 aromatic carbocycles. The van der Waals surface area contributed by atoms with Gasteiger partial charge in [0.2, 0.25) is 5.91 Å². The van der Waals surface area contributed by atoms with Gasteiger partial charge in [0.1, 0.15) is 54.9 Å². The number of hydrogen-bond acceptors (Lipinski definition) is 16. The number of aliphatic hydroxyl groups is 8. The molecule has 4 saturated heterocycles. The topological polar surface area (TPSA) is 272 Å². The van der Waals surface area contributed by atoms with Crippen LogP contribution in [0.5, 0.6) is 0 Å². The second-order valence-electron chi connectivity index (χ2n) is 15.5. The minimum absolute atomic E-state index is 0.0201. The van der Waals surface area contributed by atoms with Crippen LogP contribution in [0.4, 0.5) is 0 Å². The molecule has 4 fully saturated rings. The van der Waals surface area contributed by atoms with Crippen LogP contribution >= 0.6 is 0 Å². The van der Waals surface area contributed by atoms with Crippen molar-refractivity contribution in [1.29, 1.82) is 0 Å². The van der Waals surface area contributed by atoms with E-state index in [-0.39, 0.29) is 23.8 Å². The summed E-state index contributed by atoms with van der Waals surface area (Å²) in [5.74, 6) is 0.643. The average molecular weight is 781 g/mol. The van der Waals surface area contributed by atoms with Crippen molar-refractivity contribution in [2.24, 2.45) is 23.5 Å². The van der Waals surface area contributed by atoms with Gasteiger partial charge in [-0.3, -0.25) is 4.79 Å². The van der Waals surface area contributed by atoms with Crippen LogP contribution in [0.25, 0.3) is 0 Å². The molecular weight excluding hydrogens is 712 g/mol. The molecule has 0 aromatic heterocycles. The highest BCUT2D eigenvalue weighted by Crippen LogP contribution is 2.35. The summed E-state index contributed by atoms with van der Waals surface area (Å²) in [4.78, 5) is 12.9. The average Bonchev–Trinajstić information content (AvgIpc) is 3.16. The van der Waals surface area contributed by atoms with E-state index in [9.17, 15) is 45.6 Å². The highest BCUT2D eigenvalue weighted by molar-refractivity contribution is 5.78. The van der Waals surface area contributed by atoms with Crippen molar-refractivity contribution in [1.82, 2.24) is 5.32 Å².